The van der Waals surface area contributed by atoms with Crippen molar-refractivity contribution in [2.24, 2.45) is 0 Å². The van der Waals surface area contributed by atoms with Crippen LogP contribution < -0.4 is 0 Å². The summed E-state index contributed by atoms with van der Waals surface area (Å²) in [7, 11) is 0. The standard InChI is InChI=1S/C26H30N2O3/c1-26(2,3)28(16-18-9-5-4-6-10-18)24(29)17-31-25(30)19-13-14-23-21(15-19)20-11-7-8-12-22(20)27-23/h4-6,9-10,13-15,27H,7-8,11-12,16-17H2,1-3H3. The van der Waals surface area contributed by atoms with Crippen molar-refractivity contribution in [1.29, 1.82) is 0 Å². The van der Waals surface area contributed by atoms with Gasteiger partial charge in [0, 0.05) is 28.7 Å². The van der Waals surface area contributed by atoms with E-state index in [2.05, 4.69) is 4.98 Å². The van der Waals surface area contributed by atoms with Crippen molar-refractivity contribution >= 4 is 22.8 Å². The van der Waals surface area contributed by atoms with Gasteiger partial charge in [-0.1, -0.05) is 30.3 Å². The number of benzene rings is 2. The Balaban J connectivity index is 1.46. The summed E-state index contributed by atoms with van der Waals surface area (Å²) in [5, 5.41) is 1.09. The zero-order valence-corrected chi connectivity index (χ0v) is 18.5. The van der Waals surface area contributed by atoms with Crippen molar-refractivity contribution in [3.05, 3.63) is 70.9 Å². The number of aryl methyl sites for hydroxylation is 2. The maximum Gasteiger partial charge on any atom is 0.338 e. The maximum atomic E-state index is 12.9. The van der Waals surface area contributed by atoms with E-state index in [0.717, 1.165) is 29.3 Å². The van der Waals surface area contributed by atoms with E-state index in [1.807, 2.05) is 63.2 Å². The summed E-state index contributed by atoms with van der Waals surface area (Å²) in [5.41, 5.74) is 4.79. The molecule has 1 aromatic heterocycles. The van der Waals surface area contributed by atoms with Crippen LogP contribution in [0.3, 0.4) is 0 Å². The van der Waals surface area contributed by atoms with Gasteiger partial charge in [0.05, 0.1) is 5.56 Å². The van der Waals surface area contributed by atoms with Crippen LogP contribution in [0.2, 0.25) is 0 Å². The summed E-state index contributed by atoms with van der Waals surface area (Å²) in [5.74, 6) is -0.667. The number of fused-ring (bicyclic) bond motifs is 3. The van der Waals surface area contributed by atoms with E-state index in [4.69, 9.17) is 4.74 Å². The Labute approximate surface area is 183 Å². The second-order valence-electron chi connectivity index (χ2n) is 9.26. The predicted octanol–water partition coefficient (Wildman–Crippen LogP) is 5.03. The Morgan fingerprint density at radius 3 is 2.52 bits per heavy atom. The number of carbonyl (C=O) groups is 2. The molecular formula is C26H30N2O3. The molecule has 2 aromatic carbocycles. The van der Waals surface area contributed by atoms with Gasteiger partial charge < -0.3 is 14.6 Å². The summed E-state index contributed by atoms with van der Waals surface area (Å²) < 4.78 is 5.43. The van der Waals surface area contributed by atoms with Gasteiger partial charge in [-0.2, -0.15) is 0 Å². The number of ether oxygens (including phenoxy) is 1. The molecule has 31 heavy (non-hydrogen) atoms. The van der Waals surface area contributed by atoms with Crippen molar-refractivity contribution in [3.8, 4) is 0 Å². The first-order valence-electron chi connectivity index (χ1n) is 11.0. The fourth-order valence-corrected chi connectivity index (χ4v) is 4.29. The molecule has 1 aliphatic rings. The minimum absolute atomic E-state index is 0.204. The van der Waals surface area contributed by atoms with E-state index in [1.165, 1.54) is 24.1 Å². The molecule has 1 amide bonds. The lowest BCUT2D eigenvalue weighted by Gasteiger charge is -2.35. The molecule has 0 aliphatic heterocycles. The highest BCUT2D eigenvalue weighted by molar-refractivity contribution is 5.97. The number of nitrogens with one attached hydrogen (secondary N) is 1. The van der Waals surface area contributed by atoms with E-state index in [0.29, 0.717) is 12.1 Å². The van der Waals surface area contributed by atoms with Crippen molar-refractivity contribution in [2.45, 2.75) is 58.5 Å². The van der Waals surface area contributed by atoms with E-state index < -0.39 is 5.97 Å². The highest BCUT2D eigenvalue weighted by Crippen LogP contribution is 2.30. The van der Waals surface area contributed by atoms with Crippen LogP contribution in [-0.4, -0.2) is 33.9 Å². The van der Waals surface area contributed by atoms with Crippen LogP contribution in [0.15, 0.2) is 48.5 Å². The molecule has 1 aliphatic carbocycles. The fourth-order valence-electron chi connectivity index (χ4n) is 4.29. The molecule has 0 saturated heterocycles. The van der Waals surface area contributed by atoms with Crippen LogP contribution in [0.5, 0.6) is 0 Å². The number of hydrogen-bond donors (Lipinski definition) is 1. The highest BCUT2D eigenvalue weighted by Gasteiger charge is 2.27. The smallest absolute Gasteiger partial charge is 0.338 e. The molecule has 1 N–H and O–H groups in total. The molecule has 4 rings (SSSR count). The number of hydrogen-bond acceptors (Lipinski definition) is 3. The summed E-state index contributed by atoms with van der Waals surface area (Å²) >= 11 is 0. The minimum Gasteiger partial charge on any atom is -0.452 e. The zero-order chi connectivity index (χ0) is 22.0. The lowest BCUT2D eigenvalue weighted by Crippen LogP contribution is -2.46. The summed E-state index contributed by atoms with van der Waals surface area (Å²) in [6.45, 7) is 6.16. The number of nitrogens with zero attached hydrogens (tertiary/aromatic N) is 1. The topological polar surface area (TPSA) is 62.4 Å². The van der Waals surface area contributed by atoms with Crippen LogP contribution >= 0.6 is 0 Å². The third-order valence-electron chi connectivity index (χ3n) is 5.95. The first-order chi connectivity index (χ1) is 14.8. The van der Waals surface area contributed by atoms with E-state index >= 15 is 0 Å². The Kier molecular flexibility index (Phi) is 5.86. The van der Waals surface area contributed by atoms with Crippen LogP contribution in [-0.2, 0) is 28.9 Å². The first kappa shape index (κ1) is 21.2. The van der Waals surface area contributed by atoms with Crippen molar-refractivity contribution in [2.75, 3.05) is 6.61 Å². The molecule has 0 radical (unpaired) electrons. The molecule has 0 spiro atoms. The number of rotatable bonds is 5. The number of amides is 1. The summed E-state index contributed by atoms with van der Waals surface area (Å²) in [6.07, 6.45) is 4.46. The van der Waals surface area contributed by atoms with E-state index in [1.54, 1.807) is 11.0 Å². The summed E-state index contributed by atoms with van der Waals surface area (Å²) in [4.78, 5) is 30.9. The Bertz CT molecular complexity index is 1090. The quantitative estimate of drug-likeness (QED) is 0.591. The van der Waals surface area contributed by atoms with Gasteiger partial charge in [-0.25, -0.2) is 4.79 Å². The van der Waals surface area contributed by atoms with Gasteiger partial charge in [0.2, 0.25) is 0 Å². The molecule has 5 nitrogen and oxygen atoms in total. The average molecular weight is 419 g/mol. The number of aromatic nitrogens is 1. The molecule has 1 heterocycles. The molecule has 0 bridgehead atoms. The highest BCUT2D eigenvalue weighted by atomic mass is 16.5. The number of H-pyrrole nitrogens is 1. The minimum atomic E-state index is -0.463. The third-order valence-corrected chi connectivity index (χ3v) is 5.95. The Morgan fingerprint density at radius 1 is 1.03 bits per heavy atom. The molecular weight excluding hydrogens is 388 g/mol. The van der Waals surface area contributed by atoms with Gasteiger partial charge >= 0.3 is 5.97 Å². The van der Waals surface area contributed by atoms with E-state index in [-0.39, 0.29) is 18.1 Å². The van der Waals surface area contributed by atoms with E-state index in [9.17, 15) is 9.59 Å². The molecule has 0 atom stereocenters. The zero-order valence-electron chi connectivity index (χ0n) is 18.5. The van der Waals surface area contributed by atoms with Gasteiger partial charge in [-0.05, 0) is 75.8 Å². The molecule has 0 unspecified atom stereocenters. The second-order valence-corrected chi connectivity index (χ2v) is 9.26. The van der Waals surface area contributed by atoms with Gasteiger partial charge in [-0.15, -0.1) is 0 Å². The number of carbonyl (C=O) groups excluding carboxylic acids is 2. The lowest BCUT2D eigenvalue weighted by atomic mass is 9.95. The molecule has 0 saturated carbocycles. The monoisotopic (exact) mass is 418 g/mol. The molecule has 3 aromatic rings. The molecule has 0 fully saturated rings. The van der Waals surface area contributed by atoms with Crippen LogP contribution in [0, 0.1) is 0 Å². The van der Waals surface area contributed by atoms with Gasteiger partial charge in [0.15, 0.2) is 6.61 Å². The van der Waals surface area contributed by atoms with Gasteiger partial charge in [0.1, 0.15) is 0 Å². The predicted molar refractivity (Wildman–Crippen MR) is 122 cm³/mol. The number of esters is 1. The van der Waals surface area contributed by atoms with Crippen LogP contribution in [0.1, 0.15) is 60.8 Å². The van der Waals surface area contributed by atoms with Crippen molar-refractivity contribution in [3.63, 3.8) is 0 Å². The normalized spacial score (nSPS) is 13.6. The van der Waals surface area contributed by atoms with Crippen molar-refractivity contribution in [1.82, 2.24) is 9.88 Å². The Morgan fingerprint density at radius 2 is 1.77 bits per heavy atom. The lowest BCUT2D eigenvalue weighted by molar-refractivity contribution is -0.140. The van der Waals surface area contributed by atoms with Gasteiger partial charge in [-0.3, -0.25) is 4.79 Å². The van der Waals surface area contributed by atoms with Crippen LogP contribution in [0.4, 0.5) is 0 Å². The Hall–Kier alpha value is -3.08. The summed E-state index contributed by atoms with van der Waals surface area (Å²) in [6, 6.07) is 15.4. The first-order valence-corrected chi connectivity index (χ1v) is 11.0. The fraction of sp³-hybridized carbons (Fsp3) is 0.385. The SMILES string of the molecule is CC(C)(C)N(Cc1ccccc1)C(=O)COC(=O)c1ccc2[nH]c3c(c2c1)CCCC3. The average Bonchev–Trinajstić information content (AvgIpc) is 3.13. The van der Waals surface area contributed by atoms with Gasteiger partial charge in [0.25, 0.3) is 5.91 Å². The van der Waals surface area contributed by atoms with Crippen molar-refractivity contribution < 1.29 is 14.3 Å². The largest absolute Gasteiger partial charge is 0.452 e. The maximum absolute atomic E-state index is 12.9. The van der Waals surface area contributed by atoms with Crippen LogP contribution in [0.25, 0.3) is 10.9 Å². The second kappa shape index (κ2) is 8.58. The third kappa shape index (κ3) is 4.66. The molecule has 5 heteroatoms. The number of aromatic amines is 1. The molecule has 162 valence electrons.